The lowest BCUT2D eigenvalue weighted by Crippen LogP contribution is -2.46. The van der Waals surface area contributed by atoms with Crippen LogP contribution in [0.3, 0.4) is 0 Å². The second kappa shape index (κ2) is 5.47. The zero-order valence-electron chi connectivity index (χ0n) is 9.24. The topological polar surface area (TPSA) is 66.8 Å². The molecular weight excluding hydrogens is 196 g/mol. The van der Waals surface area contributed by atoms with Crippen LogP contribution in [0.4, 0.5) is 0 Å². The van der Waals surface area contributed by atoms with Crippen LogP contribution in [0.5, 0.6) is 0 Å². The highest BCUT2D eigenvalue weighted by atomic mass is 16.5. The number of aliphatic carboxylic acids is 1. The number of hydrogen-bond donors (Lipinski definition) is 2. The molecule has 0 bridgehead atoms. The van der Waals surface area contributed by atoms with Crippen molar-refractivity contribution in [2.24, 2.45) is 5.92 Å². The van der Waals surface area contributed by atoms with Crippen molar-refractivity contribution >= 4 is 5.97 Å². The van der Waals surface area contributed by atoms with E-state index in [0.717, 1.165) is 12.8 Å². The summed E-state index contributed by atoms with van der Waals surface area (Å²) in [4.78, 5) is 11.1. The van der Waals surface area contributed by atoms with Gasteiger partial charge in [-0.3, -0.25) is 0 Å². The maximum absolute atomic E-state index is 11.1. The van der Waals surface area contributed by atoms with E-state index in [-0.39, 0.29) is 5.92 Å². The summed E-state index contributed by atoms with van der Waals surface area (Å²) in [6, 6.07) is 0. The normalized spacial score (nSPS) is 26.7. The van der Waals surface area contributed by atoms with Crippen LogP contribution in [0.2, 0.25) is 0 Å². The van der Waals surface area contributed by atoms with Crippen molar-refractivity contribution in [3.8, 4) is 0 Å². The minimum absolute atomic E-state index is 0.169. The molecule has 1 heterocycles. The smallest absolute Gasteiger partial charge is 0.335 e. The Hall–Kier alpha value is -0.610. The average molecular weight is 216 g/mol. The van der Waals surface area contributed by atoms with E-state index < -0.39 is 11.6 Å². The number of carboxylic acids is 1. The van der Waals surface area contributed by atoms with Crippen LogP contribution in [0.15, 0.2) is 0 Å². The molecule has 0 saturated carbocycles. The fourth-order valence-electron chi connectivity index (χ4n) is 2.25. The molecule has 0 radical (unpaired) electrons. The van der Waals surface area contributed by atoms with Gasteiger partial charge in [-0.15, -0.1) is 0 Å². The molecule has 0 aromatic carbocycles. The monoisotopic (exact) mass is 216 g/mol. The number of carbonyl (C=O) groups is 1. The fourth-order valence-corrected chi connectivity index (χ4v) is 2.25. The highest BCUT2D eigenvalue weighted by molar-refractivity contribution is 5.77. The van der Waals surface area contributed by atoms with Gasteiger partial charge in [0.2, 0.25) is 0 Å². The number of aliphatic hydroxyl groups is 1. The summed E-state index contributed by atoms with van der Waals surface area (Å²) >= 11 is 0. The largest absolute Gasteiger partial charge is 0.479 e. The summed E-state index contributed by atoms with van der Waals surface area (Å²) in [6.45, 7) is 3.13. The van der Waals surface area contributed by atoms with Crippen LogP contribution < -0.4 is 0 Å². The lowest BCUT2D eigenvalue weighted by molar-refractivity contribution is -0.167. The second-order valence-electron chi connectivity index (χ2n) is 4.22. The number of rotatable bonds is 4. The molecular formula is C11H20O4. The molecule has 4 heteroatoms. The molecule has 2 unspecified atom stereocenters. The van der Waals surface area contributed by atoms with E-state index in [1.54, 1.807) is 0 Å². The summed E-state index contributed by atoms with van der Waals surface area (Å²) in [7, 11) is 0. The van der Waals surface area contributed by atoms with Crippen molar-refractivity contribution in [2.45, 2.75) is 44.6 Å². The molecule has 0 aliphatic carbocycles. The molecule has 1 rings (SSSR count). The van der Waals surface area contributed by atoms with E-state index in [4.69, 9.17) is 9.84 Å². The maximum Gasteiger partial charge on any atom is 0.335 e. The summed E-state index contributed by atoms with van der Waals surface area (Å²) < 4.78 is 5.27. The van der Waals surface area contributed by atoms with Crippen molar-refractivity contribution in [3.05, 3.63) is 0 Å². The number of carboxylic acid groups (broad SMARTS) is 1. The molecule has 2 N–H and O–H groups in total. The van der Waals surface area contributed by atoms with Gasteiger partial charge in [0.15, 0.2) is 5.60 Å². The Morgan fingerprint density at radius 3 is 2.80 bits per heavy atom. The van der Waals surface area contributed by atoms with Gasteiger partial charge in [0.1, 0.15) is 0 Å². The Morgan fingerprint density at radius 1 is 1.47 bits per heavy atom. The van der Waals surface area contributed by atoms with Gasteiger partial charge >= 0.3 is 5.97 Å². The summed E-state index contributed by atoms with van der Waals surface area (Å²) in [5, 5.41) is 19.3. The predicted octanol–water partition coefficient (Wildman–Crippen LogP) is 1.42. The Bertz CT molecular complexity index is 209. The standard InChI is InChI=1S/C11H20O4/c1-2-6-11(14,10(12)13)9-4-3-7-15-8-5-9/h9,14H,2-8H2,1H3,(H,12,13). The Kier molecular flexibility index (Phi) is 4.54. The fraction of sp³-hybridized carbons (Fsp3) is 0.909. The molecule has 2 atom stereocenters. The Morgan fingerprint density at radius 2 is 2.20 bits per heavy atom. The molecule has 15 heavy (non-hydrogen) atoms. The first-order chi connectivity index (χ1) is 7.11. The summed E-state index contributed by atoms with van der Waals surface area (Å²) in [5.74, 6) is -1.26. The first kappa shape index (κ1) is 12.5. The van der Waals surface area contributed by atoms with Gasteiger partial charge in [-0.2, -0.15) is 0 Å². The molecule has 1 aliphatic heterocycles. The van der Waals surface area contributed by atoms with Gasteiger partial charge in [0.05, 0.1) is 0 Å². The van der Waals surface area contributed by atoms with Gasteiger partial charge in [0.25, 0.3) is 0 Å². The zero-order valence-corrected chi connectivity index (χ0v) is 9.24. The highest BCUT2D eigenvalue weighted by Gasteiger charge is 2.42. The van der Waals surface area contributed by atoms with Gasteiger partial charge < -0.3 is 14.9 Å². The summed E-state index contributed by atoms with van der Waals surface area (Å²) in [6.07, 6.45) is 3.22. The molecule has 88 valence electrons. The van der Waals surface area contributed by atoms with E-state index in [0.29, 0.717) is 32.5 Å². The third-order valence-electron chi connectivity index (χ3n) is 3.13. The first-order valence-electron chi connectivity index (χ1n) is 5.64. The van der Waals surface area contributed by atoms with E-state index in [2.05, 4.69) is 0 Å². The van der Waals surface area contributed by atoms with Crippen LogP contribution in [0, 0.1) is 5.92 Å². The average Bonchev–Trinajstić information content (AvgIpc) is 2.45. The number of hydrogen-bond acceptors (Lipinski definition) is 3. The van der Waals surface area contributed by atoms with Crippen molar-refractivity contribution in [1.82, 2.24) is 0 Å². The molecule has 4 nitrogen and oxygen atoms in total. The quantitative estimate of drug-likeness (QED) is 0.745. The number of ether oxygens (including phenoxy) is 1. The molecule has 1 saturated heterocycles. The van der Waals surface area contributed by atoms with E-state index >= 15 is 0 Å². The SMILES string of the molecule is CCCC(O)(C(=O)O)C1CCCOCC1. The lowest BCUT2D eigenvalue weighted by atomic mass is 9.79. The van der Waals surface area contributed by atoms with Gasteiger partial charge in [0, 0.05) is 19.1 Å². The zero-order chi connectivity index (χ0) is 11.3. The molecule has 0 aromatic rings. The van der Waals surface area contributed by atoms with Crippen molar-refractivity contribution in [1.29, 1.82) is 0 Å². The molecule has 0 aromatic heterocycles. The van der Waals surface area contributed by atoms with E-state index in [1.165, 1.54) is 0 Å². The maximum atomic E-state index is 11.1. The molecule has 0 amide bonds. The summed E-state index contributed by atoms with van der Waals surface area (Å²) in [5.41, 5.74) is -1.55. The van der Waals surface area contributed by atoms with Crippen LogP contribution in [-0.4, -0.2) is 35.0 Å². The van der Waals surface area contributed by atoms with E-state index in [9.17, 15) is 9.90 Å². The second-order valence-corrected chi connectivity index (χ2v) is 4.22. The van der Waals surface area contributed by atoms with Crippen molar-refractivity contribution in [3.63, 3.8) is 0 Å². The van der Waals surface area contributed by atoms with Crippen LogP contribution in [0.25, 0.3) is 0 Å². The first-order valence-corrected chi connectivity index (χ1v) is 5.64. The predicted molar refractivity (Wildman–Crippen MR) is 55.7 cm³/mol. The molecule has 0 spiro atoms. The third kappa shape index (κ3) is 2.92. The van der Waals surface area contributed by atoms with Gasteiger partial charge in [-0.25, -0.2) is 4.79 Å². The highest BCUT2D eigenvalue weighted by Crippen LogP contribution is 2.31. The minimum Gasteiger partial charge on any atom is -0.479 e. The van der Waals surface area contributed by atoms with E-state index in [1.807, 2.05) is 6.92 Å². The van der Waals surface area contributed by atoms with Crippen LogP contribution >= 0.6 is 0 Å². The minimum atomic E-state index is -1.55. The van der Waals surface area contributed by atoms with Gasteiger partial charge in [-0.05, 0) is 25.7 Å². The van der Waals surface area contributed by atoms with Gasteiger partial charge in [-0.1, -0.05) is 13.3 Å². The Balaban J connectivity index is 2.72. The van der Waals surface area contributed by atoms with Crippen molar-refractivity contribution < 1.29 is 19.7 Å². The molecule has 1 aliphatic rings. The van der Waals surface area contributed by atoms with Crippen LogP contribution in [-0.2, 0) is 9.53 Å². The molecule has 1 fully saturated rings. The van der Waals surface area contributed by atoms with Crippen LogP contribution in [0.1, 0.15) is 39.0 Å². The van der Waals surface area contributed by atoms with Crippen molar-refractivity contribution in [2.75, 3.05) is 13.2 Å². The lowest BCUT2D eigenvalue weighted by Gasteiger charge is -2.31. The third-order valence-corrected chi connectivity index (χ3v) is 3.13. The Labute approximate surface area is 90.2 Å².